The monoisotopic (exact) mass is 456 g/mol. The summed E-state index contributed by atoms with van der Waals surface area (Å²) in [5.41, 5.74) is 10.3. The molecular formula is C27H22F2N4O. The molecule has 0 saturated heterocycles. The third kappa shape index (κ3) is 4.83. The van der Waals surface area contributed by atoms with Crippen LogP contribution in [0.25, 0.3) is 27.7 Å². The third-order valence-electron chi connectivity index (χ3n) is 5.42. The van der Waals surface area contributed by atoms with Crippen molar-refractivity contribution in [2.75, 3.05) is 7.05 Å². The summed E-state index contributed by atoms with van der Waals surface area (Å²) in [5.74, 6) is -1.36. The minimum Gasteiger partial charge on any atom is -0.398 e. The Morgan fingerprint density at radius 1 is 1.06 bits per heavy atom. The molecule has 0 aliphatic carbocycles. The molecule has 34 heavy (non-hydrogen) atoms. The summed E-state index contributed by atoms with van der Waals surface area (Å²) in [6, 6.07) is 17.8. The van der Waals surface area contributed by atoms with E-state index in [-0.39, 0.29) is 11.5 Å². The second-order valence-electron chi connectivity index (χ2n) is 7.73. The van der Waals surface area contributed by atoms with Gasteiger partial charge in [-0.05, 0) is 42.8 Å². The van der Waals surface area contributed by atoms with Crippen LogP contribution in [-0.4, -0.2) is 23.8 Å². The smallest absolute Gasteiger partial charge is 0.256 e. The molecule has 0 fully saturated rings. The first-order valence-corrected chi connectivity index (χ1v) is 10.5. The van der Waals surface area contributed by atoms with Crippen molar-refractivity contribution in [2.45, 2.75) is 6.92 Å². The van der Waals surface area contributed by atoms with Gasteiger partial charge < -0.3 is 11.1 Å². The number of fused-ring (bicyclic) bond motifs is 1. The number of nitrogens with two attached hydrogens (primary N) is 1. The van der Waals surface area contributed by atoms with Crippen molar-refractivity contribution >= 4 is 28.3 Å². The molecule has 4 aromatic rings. The van der Waals surface area contributed by atoms with Crippen LogP contribution in [0.4, 0.5) is 8.78 Å². The van der Waals surface area contributed by atoms with E-state index >= 15 is 0 Å². The Morgan fingerprint density at radius 3 is 2.59 bits per heavy atom. The number of halogens is 2. The Morgan fingerprint density at radius 2 is 1.85 bits per heavy atom. The van der Waals surface area contributed by atoms with E-state index in [0.29, 0.717) is 33.6 Å². The molecule has 170 valence electrons. The number of nitrogens with zero attached hydrogens (tertiary/aromatic N) is 2. The Labute approximate surface area is 195 Å². The fourth-order valence-electron chi connectivity index (χ4n) is 3.60. The second-order valence-corrected chi connectivity index (χ2v) is 7.73. The SMILES string of the molecule is CN=C(/C=C(\N)c1ccccc1C)NC(=O)c1ccc2cc(-c3ccc(F)cc3F)cnc2c1. The molecule has 7 heteroatoms. The molecule has 3 aromatic carbocycles. The zero-order chi connectivity index (χ0) is 24.2. The summed E-state index contributed by atoms with van der Waals surface area (Å²) in [6.45, 7) is 1.95. The van der Waals surface area contributed by atoms with Crippen LogP contribution in [0.2, 0.25) is 0 Å². The number of carbonyl (C=O) groups is 1. The molecule has 4 rings (SSSR count). The number of aromatic nitrogens is 1. The Kier molecular flexibility index (Phi) is 6.45. The van der Waals surface area contributed by atoms with Crippen LogP contribution in [0.15, 0.2) is 84.0 Å². The van der Waals surface area contributed by atoms with Crippen molar-refractivity contribution in [3.63, 3.8) is 0 Å². The van der Waals surface area contributed by atoms with Gasteiger partial charge in [0.2, 0.25) is 0 Å². The Balaban J connectivity index is 1.56. The van der Waals surface area contributed by atoms with E-state index in [9.17, 15) is 13.6 Å². The van der Waals surface area contributed by atoms with Gasteiger partial charge in [-0.2, -0.15) is 0 Å². The van der Waals surface area contributed by atoms with Gasteiger partial charge in [0.25, 0.3) is 5.91 Å². The molecular weight excluding hydrogens is 434 g/mol. The van der Waals surface area contributed by atoms with Crippen LogP contribution in [0.3, 0.4) is 0 Å². The normalized spacial score (nSPS) is 12.1. The van der Waals surface area contributed by atoms with E-state index in [2.05, 4.69) is 15.3 Å². The molecule has 1 aromatic heterocycles. The summed E-state index contributed by atoms with van der Waals surface area (Å²) >= 11 is 0. The number of pyridine rings is 1. The zero-order valence-corrected chi connectivity index (χ0v) is 18.6. The topological polar surface area (TPSA) is 80.4 Å². The molecule has 0 bridgehead atoms. The fraction of sp³-hybridized carbons (Fsp3) is 0.0741. The third-order valence-corrected chi connectivity index (χ3v) is 5.42. The fourth-order valence-corrected chi connectivity index (χ4v) is 3.60. The number of hydrogen-bond acceptors (Lipinski definition) is 4. The van der Waals surface area contributed by atoms with Gasteiger partial charge in [-0.25, -0.2) is 8.78 Å². The lowest BCUT2D eigenvalue weighted by Gasteiger charge is -2.09. The summed E-state index contributed by atoms with van der Waals surface area (Å²) in [5, 5.41) is 3.47. The number of hydrogen-bond donors (Lipinski definition) is 2. The Hall–Kier alpha value is -4.39. The van der Waals surface area contributed by atoms with Crippen molar-refractivity contribution < 1.29 is 13.6 Å². The molecule has 5 nitrogen and oxygen atoms in total. The maximum atomic E-state index is 14.1. The molecule has 0 spiro atoms. The van der Waals surface area contributed by atoms with Gasteiger partial charge >= 0.3 is 0 Å². The van der Waals surface area contributed by atoms with E-state index in [1.807, 2.05) is 31.2 Å². The molecule has 0 aliphatic rings. The van der Waals surface area contributed by atoms with Gasteiger partial charge in [0.15, 0.2) is 0 Å². The standard InChI is InChI=1S/C27H22F2N4O/c1-16-5-3-4-6-21(16)24(30)14-26(31-2)33-27(34)18-8-7-17-11-19(15-32-25(17)12-18)22-10-9-20(28)13-23(22)29/h3-15H,30H2,1-2H3,(H,31,33,34)/b24-14-. The predicted molar refractivity (Wildman–Crippen MR) is 131 cm³/mol. The molecule has 1 heterocycles. The highest BCUT2D eigenvalue weighted by Gasteiger charge is 2.12. The minimum absolute atomic E-state index is 0.249. The first-order chi connectivity index (χ1) is 16.4. The largest absolute Gasteiger partial charge is 0.398 e. The van der Waals surface area contributed by atoms with Crippen LogP contribution in [0.1, 0.15) is 21.5 Å². The van der Waals surface area contributed by atoms with E-state index < -0.39 is 11.6 Å². The maximum absolute atomic E-state index is 14.1. The molecule has 3 N–H and O–H groups in total. The van der Waals surface area contributed by atoms with Crippen molar-refractivity contribution in [3.05, 3.63) is 107 Å². The van der Waals surface area contributed by atoms with Gasteiger partial charge in [0, 0.05) is 58.7 Å². The molecule has 0 atom stereocenters. The number of aryl methyl sites for hydroxylation is 1. The number of amidine groups is 1. The first-order valence-electron chi connectivity index (χ1n) is 10.5. The molecule has 0 radical (unpaired) electrons. The van der Waals surface area contributed by atoms with Gasteiger partial charge in [-0.15, -0.1) is 0 Å². The van der Waals surface area contributed by atoms with E-state index in [4.69, 9.17) is 5.73 Å². The van der Waals surface area contributed by atoms with Crippen LogP contribution in [-0.2, 0) is 0 Å². The van der Waals surface area contributed by atoms with E-state index in [0.717, 1.165) is 17.2 Å². The van der Waals surface area contributed by atoms with Gasteiger partial charge in [0.05, 0.1) is 5.52 Å². The highest BCUT2D eigenvalue weighted by atomic mass is 19.1. The predicted octanol–water partition coefficient (Wildman–Crippen LogP) is 5.25. The second kappa shape index (κ2) is 9.62. The molecule has 0 aliphatic heterocycles. The zero-order valence-electron chi connectivity index (χ0n) is 18.6. The summed E-state index contributed by atoms with van der Waals surface area (Å²) in [6.07, 6.45) is 3.11. The molecule has 0 unspecified atom stereocenters. The summed E-state index contributed by atoms with van der Waals surface area (Å²) in [4.78, 5) is 21.3. The lowest BCUT2D eigenvalue weighted by molar-refractivity contribution is 0.0977. The van der Waals surface area contributed by atoms with Crippen LogP contribution in [0, 0.1) is 18.6 Å². The first kappa shape index (κ1) is 22.8. The number of aliphatic imine (C=N–C) groups is 1. The summed E-state index contributed by atoms with van der Waals surface area (Å²) < 4.78 is 27.4. The van der Waals surface area contributed by atoms with Crippen molar-refractivity contribution in [2.24, 2.45) is 10.7 Å². The number of rotatable bonds is 4. The van der Waals surface area contributed by atoms with Crippen LogP contribution in [0.5, 0.6) is 0 Å². The number of nitrogens with one attached hydrogen (secondary N) is 1. The quantitative estimate of drug-likeness (QED) is 0.325. The van der Waals surface area contributed by atoms with Crippen molar-refractivity contribution in [1.82, 2.24) is 10.3 Å². The molecule has 1 amide bonds. The summed E-state index contributed by atoms with van der Waals surface area (Å²) in [7, 11) is 1.56. The minimum atomic E-state index is -0.665. The van der Waals surface area contributed by atoms with Crippen molar-refractivity contribution in [1.29, 1.82) is 0 Å². The molecule has 0 saturated carbocycles. The van der Waals surface area contributed by atoms with E-state index in [1.54, 1.807) is 37.4 Å². The average Bonchev–Trinajstić information content (AvgIpc) is 2.83. The number of benzene rings is 3. The highest BCUT2D eigenvalue weighted by Crippen LogP contribution is 2.26. The van der Waals surface area contributed by atoms with Crippen molar-refractivity contribution in [3.8, 4) is 11.1 Å². The van der Waals surface area contributed by atoms with Crippen LogP contribution >= 0.6 is 0 Å². The number of amides is 1. The average molecular weight is 456 g/mol. The highest BCUT2D eigenvalue weighted by molar-refractivity contribution is 6.12. The lowest BCUT2D eigenvalue weighted by Crippen LogP contribution is -2.29. The number of carbonyl (C=O) groups excluding carboxylic acids is 1. The van der Waals surface area contributed by atoms with Gasteiger partial charge in [-0.3, -0.25) is 14.8 Å². The van der Waals surface area contributed by atoms with Gasteiger partial charge in [0.1, 0.15) is 17.5 Å². The van der Waals surface area contributed by atoms with Crippen LogP contribution < -0.4 is 11.1 Å². The van der Waals surface area contributed by atoms with Gasteiger partial charge in [-0.1, -0.05) is 30.3 Å². The lowest BCUT2D eigenvalue weighted by atomic mass is 10.0. The van der Waals surface area contributed by atoms with E-state index in [1.165, 1.54) is 18.3 Å². The maximum Gasteiger partial charge on any atom is 0.256 e. The Bertz CT molecular complexity index is 1460.